The second-order valence-electron chi connectivity index (χ2n) is 3.91. The van der Waals surface area contributed by atoms with Crippen LogP contribution in [0.3, 0.4) is 0 Å². The number of aryl methyl sites for hydroxylation is 1. The van der Waals surface area contributed by atoms with E-state index in [9.17, 15) is 8.78 Å². The molecule has 90 valence electrons. The average molecular weight is 228 g/mol. The molecule has 0 saturated heterocycles. The van der Waals surface area contributed by atoms with Crippen LogP contribution in [-0.2, 0) is 0 Å². The van der Waals surface area contributed by atoms with E-state index in [4.69, 9.17) is 0 Å². The fraction of sp³-hybridized carbons (Fsp3) is 0.500. The van der Waals surface area contributed by atoms with Gasteiger partial charge in [0.05, 0.1) is 0 Å². The standard InChI is InChI=1S/C12H18F2N2/c1-9-5-6-10(13)12(11(9)14)16(3)8-4-7-15-2/h5-6,15H,4,7-8H2,1-3H3. The lowest BCUT2D eigenvalue weighted by atomic mass is 10.2. The van der Waals surface area contributed by atoms with Gasteiger partial charge in [-0.3, -0.25) is 0 Å². The highest BCUT2D eigenvalue weighted by molar-refractivity contribution is 5.50. The van der Waals surface area contributed by atoms with E-state index >= 15 is 0 Å². The van der Waals surface area contributed by atoms with E-state index in [1.54, 1.807) is 18.9 Å². The highest BCUT2D eigenvalue weighted by Gasteiger charge is 2.14. The summed E-state index contributed by atoms with van der Waals surface area (Å²) in [6, 6.07) is 2.76. The van der Waals surface area contributed by atoms with Gasteiger partial charge in [-0.2, -0.15) is 0 Å². The van der Waals surface area contributed by atoms with Gasteiger partial charge >= 0.3 is 0 Å². The zero-order valence-corrected chi connectivity index (χ0v) is 9.98. The second kappa shape index (κ2) is 5.80. The van der Waals surface area contributed by atoms with Gasteiger partial charge in [-0.1, -0.05) is 6.07 Å². The number of nitrogens with zero attached hydrogens (tertiary/aromatic N) is 1. The molecular formula is C12H18F2N2. The van der Waals surface area contributed by atoms with Crippen LogP contribution < -0.4 is 10.2 Å². The van der Waals surface area contributed by atoms with E-state index in [1.165, 1.54) is 12.1 Å². The maximum atomic E-state index is 13.7. The van der Waals surface area contributed by atoms with Crippen molar-refractivity contribution in [3.05, 3.63) is 29.3 Å². The molecule has 0 radical (unpaired) electrons. The Morgan fingerprint density at radius 1 is 1.31 bits per heavy atom. The Morgan fingerprint density at radius 3 is 2.62 bits per heavy atom. The Balaban J connectivity index is 2.81. The fourth-order valence-electron chi connectivity index (χ4n) is 1.60. The molecule has 1 aromatic carbocycles. The fourth-order valence-corrected chi connectivity index (χ4v) is 1.60. The Kier molecular flexibility index (Phi) is 4.68. The molecule has 0 bridgehead atoms. The first-order valence-corrected chi connectivity index (χ1v) is 5.38. The van der Waals surface area contributed by atoms with Crippen molar-refractivity contribution in [3.8, 4) is 0 Å². The molecule has 1 aromatic rings. The van der Waals surface area contributed by atoms with Crippen molar-refractivity contribution in [2.75, 3.05) is 32.1 Å². The zero-order valence-electron chi connectivity index (χ0n) is 9.98. The highest BCUT2D eigenvalue weighted by atomic mass is 19.1. The van der Waals surface area contributed by atoms with Crippen LogP contribution in [0.5, 0.6) is 0 Å². The summed E-state index contributed by atoms with van der Waals surface area (Å²) in [4.78, 5) is 1.62. The van der Waals surface area contributed by atoms with Crippen molar-refractivity contribution in [2.45, 2.75) is 13.3 Å². The molecule has 0 saturated carbocycles. The van der Waals surface area contributed by atoms with Gasteiger partial charge in [-0.05, 0) is 38.6 Å². The summed E-state index contributed by atoms with van der Waals surface area (Å²) in [7, 11) is 3.56. The number of benzene rings is 1. The lowest BCUT2D eigenvalue weighted by molar-refractivity contribution is 0.568. The van der Waals surface area contributed by atoms with E-state index in [0.717, 1.165) is 13.0 Å². The van der Waals surface area contributed by atoms with E-state index < -0.39 is 11.6 Å². The number of rotatable bonds is 5. The highest BCUT2D eigenvalue weighted by Crippen LogP contribution is 2.24. The van der Waals surface area contributed by atoms with Gasteiger partial charge in [0.15, 0.2) is 5.82 Å². The van der Waals surface area contributed by atoms with Crippen molar-refractivity contribution in [1.82, 2.24) is 5.32 Å². The van der Waals surface area contributed by atoms with E-state index in [-0.39, 0.29) is 5.69 Å². The van der Waals surface area contributed by atoms with Gasteiger partial charge in [-0.25, -0.2) is 8.78 Å². The molecule has 0 spiro atoms. The maximum Gasteiger partial charge on any atom is 0.152 e. The lowest BCUT2D eigenvalue weighted by Crippen LogP contribution is -2.24. The summed E-state index contributed by atoms with van der Waals surface area (Å²) in [6.45, 7) is 3.09. The Hall–Kier alpha value is -1.16. The Bertz CT molecular complexity index is 353. The molecule has 0 aliphatic carbocycles. The lowest BCUT2D eigenvalue weighted by Gasteiger charge is -2.21. The van der Waals surface area contributed by atoms with Gasteiger partial charge in [-0.15, -0.1) is 0 Å². The number of hydrogen-bond acceptors (Lipinski definition) is 2. The summed E-state index contributed by atoms with van der Waals surface area (Å²) in [6.07, 6.45) is 0.847. The molecule has 4 heteroatoms. The van der Waals surface area contributed by atoms with E-state index in [0.29, 0.717) is 12.1 Å². The van der Waals surface area contributed by atoms with Gasteiger partial charge in [0.1, 0.15) is 11.5 Å². The second-order valence-corrected chi connectivity index (χ2v) is 3.91. The third-order valence-corrected chi connectivity index (χ3v) is 2.56. The number of halogens is 2. The minimum Gasteiger partial charge on any atom is -0.370 e. The monoisotopic (exact) mass is 228 g/mol. The number of nitrogens with one attached hydrogen (secondary N) is 1. The van der Waals surface area contributed by atoms with Gasteiger partial charge in [0.2, 0.25) is 0 Å². The summed E-state index contributed by atoms with van der Waals surface area (Å²) in [5, 5.41) is 3.00. The van der Waals surface area contributed by atoms with Crippen LogP contribution in [-0.4, -0.2) is 27.2 Å². The van der Waals surface area contributed by atoms with Crippen molar-refractivity contribution < 1.29 is 8.78 Å². The van der Waals surface area contributed by atoms with E-state index in [1.807, 2.05) is 7.05 Å². The van der Waals surface area contributed by atoms with Crippen molar-refractivity contribution in [2.24, 2.45) is 0 Å². The molecule has 0 fully saturated rings. The Labute approximate surface area is 95.3 Å². The van der Waals surface area contributed by atoms with Crippen LogP contribution in [0.25, 0.3) is 0 Å². The first kappa shape index (κ1) is 12.9. The predicted octanol–water partition coefficient (Wildman–Crippen LogP) is 2.32. The molecular weight excluding hydrogens is 210 g/mol. The molecule has 1 N–H and O–H groups in total. The van der Waals surface area contributed by atoms with Crippen molar-refractivity contribution >= 4 is 5.69 Å². The first-order chi connectivity index (χ1) is 7.57. The van der Waals surface area contributed by atoms with Crippen LogP contribution in [0, 0.1) is 18.6 Å². The van der Waals surface area contributed by atoms with Crippen molar-refractivity contribution in [3.63, 3.8) is 0 Å². The van der Waals surface area contributed by atoms with Gasteiger partial charge in [0, 0.05) is 13.6 Å². The molecule has 1 rings (SSSR count). The minimum absolute atomic E-state index is 0.0658. The summed E-state index contributed by atoms with van der Waals surface area (Å²) < 4.78 is 27.2. The largest absolute Gasteiger partial charge is 0.370 e. The quantitative estimate of drug-likeness (QED) is 0.778. The van der Waals surface area contributed by atoms with Crippen LogP contribution >= 0.6 is 0 Å². The molecule has 16 heavy (non-hydrogen) atoms. The molecule has 0 aliphatic rings. The summed E-state index contributed by atoms with van der Waals surface area (Å²) in [5.41, 5.74) is 0.535. The van der Waals surface area contributed by atoms with Gasteiger partial charge < -0.3 is 10.2 Å². The molecule has 2 nitrogen and oxygen atoms in total. The zero-order chi connectivity index (χ0) is 12.1. The molecule has 0 atom stereocenters. The third kappa shape index (κ3) is 2.92. The third-order valence-electron chi connectivity index (χ3n) is 2.56. The number of hydrogen-bond donors (Lipinski definition) is 1. The topological polar surface area (TPSA) is 15.3 Å². The SMILES string of the molecule is CNCCCN(C)c1c(F)ccc(C)c1F. The van der Waals surface area contributed by atoms with Crippen LogP contribution in [0.1, 0.15) is 12.0 Å². The predicted molar refractivity (Wildman–Crippen MR) is 62.9 cm³/mol. The smallest absolute Gasteiger partial charge is 0.152 e. The molecule has 0 aliphatic heterocycles. The van der Waals surface area contributed by atoms with Crippen LogP contribution in [0.4, 0.5) is 14.5 Å². The van der Waals surface area contributed by atoms with Crippen LogP contribution in [0.15, 0.2) is 12.1 Å². The summed E-state index contributed by atoms with van der Waals surface area (Å²) >= 11 is 0. The first-order valence-electron chi connectivity index (χ1n) is 5.38. The summed E-state index contributed by atoms with van der Waals surface area (Å²) in [5.74, 6) is -0.970. The van der Waals surface area contributed by atoms with Gasteiger partial charge in [0.25, 0.3) is 0 Å². The number of anilines is 1. The molecule has 0 aromatic heterocycles. The molecule has 0 heterocycles. The average Bonchev–Trinajstić information content (AvgIpc) is 2.24. The van der Waals surface area contributed by atoms with Crippen molar-refractivity contribution in [1.29, 1.82) is 0 Å². The molecule has 0 amide bonds. The van der Waals surface area contributed by atoms with E-state index in [2.05, 4.69) is 5.32 Å². The maximum absolute atomic E-state index is 13.7. The Morgan fingerprint density at radius 2 is 2.00 bits per heavy atom. The normalized spacial score (nSPS) is 10.6. The van der Waals surface area contributed by atoms with Crippen LogP contribution in [0.2, 0.25) is 0 Å². The molecule has 0 unspecified atom stereocenters. The minimum atomic E-state index is -0.505.